The third-order valence-electron chi connectivity index (χ3n) is 1.98. The number of rotatable bonds is 2. The average Bonchev–Trinajstić information content (AvgIpc) is 2.33. The van der Waals surface area contributed by atoms with Crippen LogP contribution in [0.1, 0.15) is 22.8 Å². The molecule has 0 aromatic heterocycles. The summed E-state index contributed by atoms with van der Waals surface area (Å²) in [4.78, 5) is 21.5. The lowest BCUT2D eigenvalue weighted by molar-refractivity contribution is -0.109. The van der Waals surface area contributed by atoms with Gasteiger partial charge in [-0.1, -0.05) is 23.6 Å². The molecule has 0 unspecified atom stereocenters. The Kier molecular flexibility index (Phi) is 5.19. The fourth-order valence-electron chi connectivity index (χ4n) is 1.14. The van der Waals surface area contributed by atoms with Crippen molar-refractivity contribution < 1.29 is 22.8 Å². The lowest BCUT2D eigenvalue weighted by Crippen LogP contribution is -2.22. The summed E-state index contributed by atoms with van der Waals surface area (Å²) in [6.45, 7) is 1.42. The summed E-state index contributed by atoms with van der Waals surface area (Å²) in [5.41, 5.74) is 0.0686. The molecule has 0 aliphatic carbocycles. The summed E-state index contributed by atoms with van der Waals surface area (Å²) < 4.78 is 36.4. The summed E-state index contributed by atoms with van der Waals surface area (Å²) in [7, 11) is 0. The van der Waals surface area contributed by atoms with E-state index in [0.29, 0.717) is 11.3 Å². The van der Waals surface area contributed by atoms with Gasteiger partial charge in [-0.15, -0.1) is 0 Å². The molecule has 2 nitrogen and oxygen atoms in total. The van der Waals surface area contributed by atoms with E-state index < -0.39 is 17.5 Å². The number of carbonyl (C=O) groups is 2. The highest BCUT2D eigenvalue weighted by molar-refractivity contribution is 8.13. The van der Waals surface area contributed by atoms with Gasteiger partial charge in [0, 0.05) is 18.1 Å². The van der Waals surface area contributed by atoms with Crippen molar-refractivity contribution in [3.05, 3.63) is 35.4 Å². The predicted octanol–water partition coefficient (Wildman–Crippen LogP) is 3.06. The number of alkyl halides is 3. The van der Waals surface area contributed by atoms with E-state index >= 15 is 0 Å². The molecule has 0 amide bonds. The highest BCUT2D eigenvalue weighted by Crippen LogP contribution is 2.21. The maximum absolute atomic E-state index is 12.1. The highest BCUT2D eigenvalue weighted by atomic mass is 32.2. The predicted molar refractivity (Wildman–Crippen MR) is 66.8 cm³/mol. The van der Waals surface area contributed by atoms with Crippen LogP contribution in [0.25, 0.3) is 0 Å². The van der Waals surface area contributed by atoms with E-state index in [1.807, 2.05) is 0 Å². The number of Topliss-reactive ketones (excluding diaryl/α,β-unsaturated/α-hetero) is 1. The number of benzene rings is 1. The summed E-state index contributed by atoms with van der Waals surface area (Å²) in [5, 5.41) is -0.0552. The van der Waals surface area contributed by atoms with Crippen LogP contribution in [-0.2, 0) is 4.79 Å². The zero-order chi connectivity index (χ0) is 14.5. The van der Waals surface area contributed by atoms with E-state index in [-0.39, 0.29) is 5.12 Å². The molecule has 100 valence electrons. The van der Waals surface area contributed by atoms with Gasteiger partial charge in [0.2, 0.25) is 0 Å². The van der Waals surface area contributed by atoms with E-state index in [2.05, 4.69) is 11.8 Å². The van der Waals surface area contributed by atoms with Gasteiger partial charge in [0.25, 0.3) is 5.78 Å². The van der Waals surface area contributed by atoms with Crippen LogP contribution < -0.4 is 0 Å². The molecule has 0 radical (unpaired) electrons. The Morgan fingerprint density at radius 3 is 2.26 bits per heavy atom. The first kappa shape index (κ1) is 15.3. The van der Waals surface area contributed by atoms with Crippen LogP contribution in [-0.4, -0.2) is 22.8 Å². The lowest BCUT2D eigenvalue weighted by Gasteiger charge is -2.04. The number of hydrogen-bond donors (Lipinski definition) is 0. The van der Waals surface area contributed by atoms with Crippen molar-refractivity contribution in [3.63, 3.8) is 0 Å². The fraction of sp³-hybridized carbons (Fsp3) is 0.231. The summed E-state index contributed by atoms with van der Waals surface area (Å²) in [6, 6.07) is 4.84. The second kappa shape index (κ2) is 6.43. The first-order chi connectivity index (χ1) is 8.80. The number of ketones is 1. The van der Waals surface area contributed by atoms with Gasteiger partial charge in [-0.3, -0.25) is 9.59 Å². The molecule has 0 aliphatic heterocycles. The molecule has 6 heteroatoms. The SMILES string of the molecule is CC(=O)SCC#Cc1ccc(C(=O)C(F)(F)F)cc1. The minimum atomic E-state index is -4.87. The van der Waals surface area contributed by atoms with Crippen LogP contribution in [0.5, 0.6) is 0 Å². The van der Waals surface area contributed by atoms with Crippen molar-refractivity contribution >= 4 is 22.7 Å². The zero-order valence-electron chi connectivity index (χ0n) is 9.88. The standard InChI is InChI=1S/C13H9F3O2S/c1-9(17)19-8-2-3-10-4-6-11(7-5-10)12(18)13(14,15)16/h4-7H,8H2,1H3. The van der Waals surface area contributed by atoms with Crippen LogP contribution >= 0.6 is 11.8 Å². The van der Waals surface area contributed by atoms with Crippen LogP contribution in [0.15, 0.2) is 24.3 Å². The van der Waals surface area contributed by atoms with E-state index in [0.717, 1.165) is 23.9 Å². The van der Waals surface area contributed by atoms with Crippen molar-refractivity contribution in [2.24, 2.45) is 0 Å². The third kappa shape index (κ3) is 5.18. The summed E-state index contributed by atoms with van der Waals surface area (Å²) in [5.74, 6) is 3.83. The van der Waals surface area contributed by atoms with Gasteiger partial charge in [-0.25, -0.2) is 0 Å². The second-order valence-electron chi connectivity index (χ2n) is 3.49. The van der Waals surface area contributed by atoms with Crippen molar-refractivity contribution in [2.75, 3.05) is 5.75 Å². The van der Waals surface area contributed by atoms with E-state index in [1.165, 1.54) is 19.1 Å². The van der Waals surface area contributed by atoms with Crippen molar-refractivity contribution in [3.8, 4) is 11.8 Å². The molecule has 1 rings (SSSR count). The van der Waals surface area contributed by atoms with Crippen LogP contribution in [0.4, 0.5) is 13.2 Å². The summed E-state index contributed by atoms with van der Waals surface area (Å²) in [6.07, 6.45) is -4.87. The Hall–Kier alpha value is -1.74. The van der Waals surface area contributed by atoms with Crippen LogP contribution in [0.3, 0.4) is 0 Å². The second-order valence-corrected chi connectivity index (χ2v) is 4.64. The monoisotopic (exact) mass is 286 g/mol. The van der Waals surface area contributed by atoms with E-state index in [1.54, 1.807) is 0 Å². The van der Waals surface area contributed by atoms with Crippen molar-refractivity contribution in [1.29, 1.82) is 0 Å². The van der Waals surface area contributed by atoms with Gasteiger partial charge in [0.1, 0.15) is 0 Å². The number of hydrogen-bond acceptors (Lipinski definition) is 3. The van der Waals surface area contributed by atoms with E-state index in [4.69, 9.17) is 0 Å². The van der Waals surface area contributed by atoms with Crippen molar-refractivity contribution in [1.82, 2.24) is 0 Å². The third-order valence-corrected chi connectivity index (χ3v) is 2.68. The van der Waals surface area contributed by atoms with Gasteiger partial charge < -0.3 is 0 Å². The molecule has 1 aromatic rings. The Morgan fingerprint density at radius 2 is 1.79 bits per heavy atom. The largest absolute Gasteiger partial charge is 0.454 e. The van der Waals surface area contributed by atoms with E-state index in [9.17, 15) is 22.8 Å². The molecule has 1 aromatic carbocycles. The smallest absolute Gasteiger partial charge is 0.288 e. The van der Waals surface area contributed by atoms with Crippen molar-refractivity contribution in [2.45, 2.75) is 13.1 Å². The number of thioether (sulfide) groups is 1. The molecule has 0 bridgehead atoms. The quantitative estimate of drug-likeness (QED) is 0.619. The zero-order valence-corrected chi connectivity index (χ0v) is 10.7. The normalized spacial score (nSPS) is 10.5. The fourth-order valence-corrected chi connectivity index (χ4v) is 1.49. The van der Waals surface area contributed by atoms with Gasteiger partial charge >= 0.3 is 6.18 Å². The first-order valence-corrected chi connectivity index (χ1v) is 6.13. The van der Waals surface area contributed by atoms with Gasteiger partial charge in [-0.2, -0.15) is 13.2 Å². The van der Waals surface area contributed by atoms with Crippen LogP contribution in [0, 0.1) is 11.8 Å². The minimum absolute atomic E-state index is 0.0552. The maximum atomic E-state index is 12.1. The maximum Gasteiger partial charge on any atom is 0.454 e. The highest BCUT2D eigenvalue weighted by Gasteiger charge is 2.39. The molecule has 0 saturated carbocycles. The van der Waals surface area contributed by atoms with Gasteiger partial charge in [0.15, 0.2) is 5.12 Å². The number of carbonyl (C=O) groups excluding carboxylic acids is 2. The van der Waals surface area contributed by atoms with Gasteiger partial charge in [-0.05, 0) is 24.3 Å². The summed E-state index contributed by atoms with van der Waals surface area (Å²) >= 11 is 1.05. The molecule has 0 fully saturated rings. The Labute approximate surface area is 112 Å². The average molecular weight is 286 g/mol. The first-order valence-electron chi connectivity index (χ1n) is 5.14. The molecule has 0 atom stereocenters. The molecule has 0 heterocycles. The molecule has 0 aliphatic rings. The van der Waals surface area contributed by atoms with Crippen LogP contribution in [0.2, 0.25) is 0 Å². The molecular formula is C13H9F3O2S. The Balaban J connectivity index is 2.72. The molecule has 0 N–H and O–H groups in total. The molecule has 0 saturated heterocycles. The topological polar surface area (TPSA) is 34.1 Å². The number of halogens is 3. The minimum Gasteiger partial charge on any atom is -0.288 e. The molecule has 19 heavy (non-hydrogen) atoms. The lowest BCUT2D eigenvalue weighted by atomic mass is 10.1. The van der Waals surface area contributed by atoms with Gasteiger partial charge in [0.05, 0.1) is 5.75 Å². The molecular weight excluding hydrogens is 277 g/mol. The Bertz CT molecular complexity index is 536. The molecule has 0 spiro atoms. The Morgan fingerprint density at radius 1 is 1.21 bits per heavy atom.